The van der Waals surface area contributed by atoms with Gasteiger partial charge in [-0.15, -0.1) is 0 Å². The fourth-order valence-corrected chi connectivity index (χ4v) is 1.23. The molecular weight excluding hydrogens is 172 g/mol. The van der Waals surface area contributed by atoms with Crippen molar-refractivity contribution in [3.8, 4) is 5.95 Å². The van der Waals surface area contributed by atoms with E-state index in [1.54, 1.807) is 12.1 Å². The first-order valence-corrected chi connectivity index (χ1v) is 3.63. The van der Waals surface area contributed by atoms with E-state index in [0.29, 0.717) is 11.0 Å². The Bertz CT molecular complexity index is 469. The lowest BCUT2D eigenvalue weighted by molar-refractivity contribution is 0.0699. The molecular formula is C9H6O4. The van der Waals surface area contributed by atoms with E-state index in [1.165, 1.54) is 12.1 Å². The largest absolute Gasteiger partial charge is 0.481 e. The molecule has 2 aromatic rings. The van der Waals surface area contributed by atoms with Gasteiger partial charge in [0.05, 0.1) is 5.56 Å². The second-order valence-electron chi connectivity index (χ2n) is 2.61. The van der Waals surface area contributed by atoms with Crippen LogP contribution in [0.3, 0.4) is 0 Å². The zero-order valence-electron chi connectivity index (χ0n) is 6.52. The lowest BCUT2D eigenvalue weighted by atomic mass is 10.1. The maximum absolute atomic E-state index is 10.7. The van der Waals surface area contributed by atoms with Gasteiger partial charge >= 0.3 is 5.97 Å². The molecule has 0 aliphatic rings. The number of carboxylic acid groups (broad SMARTS) is 1. The van der Waals surface area contributed by atoms with E-state index in [-0.39, 0.29) is 11.5 Å². The van der Waals surface area contributed by atoms with Crippen LogP contribution in [0, 0.1) is 0 Å². The molecule has 4 heteroatoms. The number of fused-ring (bicyclic) bond motifs is 1. The van der Waals surface area contributed by atoms with E-state index in [4.69, 9.17) is 14.6 Å². The Morgan fingerprint density at radius 2 is 2.15 bits per heavy atom. The third-order valence-corrected chi connectivity index (χ3v) is 1.78. The summed E-state index contributed by atoms with van der Waals surface area (Å²) in [6, 6.07) is 5.91. The van der Waals surface area contributed by atoms with Crippen LogP contribution in [-0.4, -0.2) is 16.2 Å². The predicted molar refractivity (Wildman–Crippen MR) is 44.8 cm³/mol. The first-order valence-electron chi connectivity index (χ1n) is 3.63. The van der Waals surface area contributed by atoms with Gasteiger partial charge in [-0.05, 0) is 12.1 Å². The van der Waals surface area contributed by atoms with Crippen LogP contribution in [0.1, 0.15) is 10.4 Å². The van der Waals surface area contributed by atoms with E-state index in [2.05, 4.69) is 0 Å². The second-order valence-corrected chi connectivity index (χ2v) is 2.61. The molecule has 1 heterocycles. The van der Waals surface area contributed by atoms with Crippen LogP contribution in [0.4, 0.5) is 0 Å². The molecule has 13 heavy (non-hydrogen) atoms. The normalized spacial score (nSPS) is 10.5. The van der Waals surface area contributed by atoms with E-state index in [1.807, 2.05) is 0 Å². The number of furan rings is 1. The first kappa shape index (κ1) is 7.67. The summed E-state index contributed by atoms with van der Waals surface area (Å²) in [5.74, 6) is -1.31. The van der Waals surface area contributed by atoms with E-state index >= 15 is 0 Å². The van der Waals surface area contributed by atoms with Gasteiger partial charge in [0.15, 0.2) is 0 Å². The van der Waals surface area contributed by atoms with Crippen molar-refractivity contribution < 1.29 is 19.4 Å². The molecule has 2 N–H and O–H groups in total. The van der Waals surface area contributed by atoms with Crippen LogP contribution >= 0.6 is 0 Å². The van der Waals surface area contributed by atoms with Crippen molar-refractivity contribution in [2.24, 2.45) is 0 Å². The maximum atomic E-state index is 10.7. The Kier molecular flexibility index (Phi) is 1.48. The summed E-state index contributed by atoms with van der Waals surface area (Å²) in [6.45, 7) is 0. The standard InChI is InChI=1S/C9H6O4/c10-8-4-6-5(9(11)12)2-1-3-7(6)13-8/h1-4,10H,(H,11,12). The van der Waals surface area contributed by atoms with Crippen LogP contribution in [-0.2, 0) is 0 Å². The van der Waals surface area contributed by atoms with Crippen molar-refractivity contribution in [3.63, 3.8) is 0 Å². The van der Waals surface area contributed by atoms with Gasteiger partial charge in [0.1, 0.15) is 5.58 Å². The number of rotatable bonds is 1. The number of aromatic carboxylic acids is 1. The second kappa shape index (κ2) is 2.52. The highest BCUT2D eigenvalue weighted by atomic mass is 16.5. The smallest absolute Gasteiger partial charge is 0.336 e. The number of aromatic hydroxyl groups is 1. The van der Waals surface area contributed by atoms with Crippen LogP contribution in [0.2, 0.25) is 0 Å². The summed E-state index contributed by atoms with van der Waals surface area (Å²) in [7, 11) is 0. The summed E-state index contributed by atoms with van der Waals surface area (Å²) in [4.78, 5) is 10.7. The molecule has 0 aliphatic heterocycles. The Labute approximate surface area is 73.0 Å². The molecule has 2 rings (SSSR count). The molecule has 1 aromatic carbocycles. The van der Waals surface area contributed by atoms with Crippen LogP contribution in [0.5, 0.6) is 5.95 Å². The van der Waals surface area contributed by atoms with Gasteiger partial charge in [0.2, 0.25) is 0 Å². The van der Waals surface area contributed by atoms with Crippen molar-refractivity contribution in [3.05, 3.63) is 29.8 Å². The average Bonchev–Trinajstić information content (AvgIpc) is 2.43. The van der Waals surface area contributed by atoms with Gasteiger partial charge in [-0.25, -0.2) is 4.79 Å². The molecule has 0 bridgehead atoms. The van der Waals surface area contributed by atoms with Crippen LogP contribution in [0.25, 0.3) is 11.0 Å². The van der Waals surface area contributed by atoms with E-state index in [0.717, 1.165) is 0 Å². The Morgan fingerprint density at radius 3 is 2.85 bits per heavy atom. The fourth-order valence-electron chi connectivity index (χ4n) is 1.23. The summed E-state index contributed by atoms with van der Waals surface area (Å²) in [5, 5.41) is 18.2. The van der Waals surface area contributed by atoms with Crippen molar-refractivity contribution >= 4 is 16.9 Å². The summed E-state index contributed by atoms with van der Waals surface area (Å²) in [6.07, 6.45) is 0. The first-order chi connectivity index (χ1) is 6.18. The number of benzene rings is 1. The topological polar surface area (TPSA) is 70.7 Å². The number of carboxylic acids is 1. The van der Waals surface area contributed by atoms with Crippen molar-refractivity contribution in [2.45, 2.75) is 0 Å². The Hall–Kier alpha value is -1.97. The minimum Gasteiger partial charge on any atom is -0.481 e. The SMILES string of the molecule is O=C(O)c1cccc2oc(O)cc12. The molecule has 0 amide bonds. The average molecular weight is 178 g/mol. The zero-order chi connectivity index (χ0) is 9.42. The van der Waals surface area contributed by atoms with Gasteiger partial charge in [0.25, 0.3) is 5.95 Å². The molecule has 0 saturated carbocycles. The summed E-state index contributed by atoms with van der Waals surface area (Å²) in [5.41, 5.74) is 0.499. The molecule has 0 radical (unpaired) electrons. The Morgan fingerprint density at radius 1 is 1.38 bits per heavy atom. The quantitative estimate of drug-likeness (QED) is 0.698. The third kappa shape index (κ3) is 1.12. The molecule has 0 saturated heterocycles. The minimum absolute atomic E-state index is 0.126. The van der Waals surface area contributed by atoms with Crippen molar-refractivity contribution in [1.29, 1.82) is 0 Å². The van der Waals surface area contributed by atoms with Gasteiger partial charge in [0, 0.05) is 11.5 Å². The molecule has 0 atom stereocenters. The van der Waals surface area contributed by atoms with Gasteiger partial charge in [-0.2, -0.15) is 0 Å². The monoisotopic (exact) mass is 178 g/mol. The number of carbonyl (C=O) groups is 1. The number of hydrogen-bond donors (Lipinski definition) is 2. The Balaban J connectivity index is 2.82. The molecule has 0 spiro atoms. The van der Waals surface area contributed by atoms with Crippen LogP contribution in [0.15, 0.2) is 28.7 Å². The molecule has 4 nitrogen and oxygen atoms in total. The zero-order valence-corrected chi connectivity index (χ0v) is 6.52. The molecule has 66 valence electrons. The van der Waals surface area contributed by atoms with Gasteiger partial charge < -0.3 is 14.6 Å². The minimum atomic E-state index is -1.04. The van der Waals surface area contributed by atoms with Gasteiger partial charge in [-0.3, -0.25) is 0 Å². The van der Waals surface area contributed by atoms with E-state index in [9.17, 15) is 4.79 Å². The summed E-state index contributed by atoms with van der Waals surface area (Å²) < 4.78 is 4.85. The maximum Gasteiger partial charge on any atom is 0.336 e. The molecule has 0 aliphatic carbocycles. The highest BCUT2D eigenvalue weighted by molar-refractivity contribution is 6.02. The van der Waals surface area contributed by atoms with Crippen LogP contribution < -0.4 is 0 Å². The number of hydrogen-bond acceptors (Lipinski definition) is 3. The van der Waals surface area contributed by atoms with Crippen molar-refractivity contribution in [2.75, 3.05) is 0 Å². The lowest BCUT2D eigenvalue weighted by Crippen LogP contribution is -1.95. The molecule has 1 aromatic heterocycles. The molecule has 0 unspecified atom stereocenters. The highest BCUT2D eigenvalue weighted by Crippen LogP contribution is 2.26. The highest BCUT2D eigenvalue weighted by Gasteiger charge is 2.11. The van der Waals surface area contributed by atoms with E-state index < -0.39 is 5.97 Å². The summed E-state index contributed by atoms with van der Waals surface area (Å²) >= 11 is 0. The predicted octanol–water partition coefficient (Wildman–Crippen LogP) is 1.84. The third-order valence-electron chi connectivity index (χ3n) is 1.78. The van der Waals surface area contributed by atoms with Crippen molar-refractivity contribution in [1.82, 2.24) is 0 Å². The molecule has 0 fully saturated rings. The van der Waals surface area contributed by atoms with Gasteiger partial charge in [-0.1, -0.05) is 6.07 Å². The fraction of sp³-hybridized carbons (Fsp3) is 0. The lowest BCUT2D eigenvalue weighted by Gasteiger charge is -1.93.